The number of anilines is 1. The van der Waals surface area contributed by atoms with Crippen LogP contribution in [-0.2, 0) is 13.1 Å². The highest BCUT2D eigenvalue weighted by molar-refractivity contribution is 7.99. The van der Waals surface area contributed by atoms with Crippen molar-refractivity contribution in [3.63, 3.8) is 0 Å². The smallest absolute Gasteiger partial charge is 0.350 e. The molecule has 2 atom stereocenters. The van der Waals surface area contributed by atoms with E-state index >= 15 is 0 Å². The third-order valence-electron chi connectivity index (χ3n) is 5.77. The maximum atomic E-state index is 12.5. The van der Waals surface area contributed by atoms with Crippen molar-refractivity contribution in [1.29, 1.82) is 0 Å². The van der Waals surface area contributed by atoms with Gasteiger partial charge in [0.1, 0.15) is 5.76 Å². The minimum Gasteiger partial charge on any atom is -0.467 e. The molecule has 0 aromatic carbocycles. The van der Waals surface area contributed by atoms with Gasteiger partial charge in [0.05, 0.1) is 19.4 Å². The molecule has 0 saturated carbocycles. The summed E-state index contributed by atoms with van der Waals surface area (Å²) < 4.78 is 10.8. The van der Waals surface area contributed by atoms with Gasteiger partial charge in [-0.2, -0.15) is 0 Å². The lowest BCUT2D eigenvalue weighted by molar-refractivity contribution is 0.350. The van der Waals surface area contributed by atoms with Crippen molar-refractivity contribution >= 4 is 23.4 Å². The lowest BCUT2D eigenvalue weighted by Gasteiger charge is -2.35. The SMILES string of the molecule is CC1CC(C)CN(c2nnc(SCCn3nc4ccccn4c3=O)n2Cc2ccco2)C1. The molecule has 1 fully saturated rings. The molecule has 0 amide bonds. The van der Waals surface area contributed by atoms with E-state index in [-0.39, 0.29) is 5.69 Å². The molecule has 5 heterocycles. The molecule has 4 aromatic rings. The summed E-state index contributed by atoms with van der Waals surface area (Å²) in [5.74, 6) is 3.64. The lowest BCUT2D eigenvalue weighted by atomic mass is 9.92. The molecule has 0 bridgehead atoms. The van der Waals surface area contributed by atoms with E-state index in [9.17, 15) is 4.79 Å². The van der Waals surface area contributed by atoms with Gasteiger partial charge >= 0.3 is 5.69 Å². The number of rotatable bonds is 7. The number of pyridine rings is 1. The summed E-state index contributed by atoms with van der Waals surface area (Å²) in [5, 5.41) is 14.3. The van der Waals surface area contributed by atoms with Crippen LogP contribution in [0.5, 0.6) is 0 Å². The molecule has 1 aliphatic heterocycles. The van der Waals surface area contributed by atoms with Gasteiger partial charge in [-0.05, 0) is 42.5 Å². The molecule has 0 aliphatic carbocycles. The van der Waals surface area contributed by atoms with Crippen LogP contribution in [-0.4, -0.2) is 47.8 Å². The first kappa shape index (κ1) is 20.9. The monoisotopic (exact) mass is 453 g/mol. The van der Waals surface area contributed by atoms with Gasteiger partial charge in [-0.15, -0.1) is 15.3 Å². The summed E-state index contributed by atoms with van der Waals surface area (Å²) in [6.07, 6.45) is 4.66. The third-order valence-corrected chi connectivity index (χ3v) is 6.71. The second-order valence-electron chi connectivity index (χ2n) is 8.58. The Kier molecular flexibility index (Phi) is 5.77. The highest BCUT2D eigenvalue weighted by atomic mass is 32.2. The zero-order valence-corrected chi connectivity index (χ0v) is 19.1. The average Bonchev–Trinajstić information content (AvgIpc) is 3.49. The van der Waals surface area contributed by atoms with E-state index in [0.717, 1.165) is 30.0 Å². The van der Waals surface area contributed by atoms with Crippen LogP contribution in [0.3, 0.4) is 0 Å². The van der Waals surface area contributed by atoms with Gasteiger partial charge in [0.15, 0.2) is 10.8 Å². The molecule has 1 aliphatic rings. The van der Waals surface area contributed by atoms with Crippen molar-refractivity contribution in [1.82, 2.24) is 28.9 Å². The van der Waals surface area contributed by atoms with Crippen LogP contribution in [0.4, 0.5) is 5.95 Å². The van der Waals surface area contributed by atoms with Crippen molar-refractivity contribution in [2.24, 2.45) is 11.8 Å². The van der Waals surface area contributed by atoms with Gasteiger partial charge in [0.25, 0.3) is 0 Å². The number of fused-ring (bicyclic) bond motifs is 1. The Bertz CT molecular complexity index is 1230. The minimum atomic E-state index is -0.129. The molecule has 5 rings (SSSR count). The summed E-state index contributed by atoms with van der Waals surface area (Å²) in [5.41, 5.74) is 0.523. The number of hydrogen-bond donors (Lipinski definition) is 0. The fourth-order valence-corrected chi connectivity index (χ4v) is 5.33. The minimum absolute atomic E-state index is 0.129. The number of thioether (sulfide) groups is 1. The van der Waals surface area contributed by atoms with Gasteiger partial charge in [-0.1, -0.05) is 31.7 Å². The fraction of sp³-hybridized carbons (Fsp3) is 0.455. The zero-order valence-electron chi connectivity index (χ0n) is 18.3. The van der Waals surface area contributed by atoms with Crippen LogP contribution in [0.1, 0.15) is 26.0 Å². The van der Waals surface area contributed by atoms with Crippen molar-refractivity contribution in [3.8, 4) is 0 Å². The van der Waals surface area contributed by atoms with Gasteiger partial charge in [-0.3, -0.25) is 8.97 Å². The summed E-state index contributed by atoms with van der Waals surface area (Å²) >= 11 is 1.58. The van der Waals surface area contributed by atoms with E-state index in [1.54, 1.807) is 28.6 Å². The molecule has 0 radical (unpaired) electrons. The highest BCUT2D eigenvalue weighted by Crippen LogP contribution is 2.29. The van der Waals surface area contributed by atoms with E-state index in [1.807, 2.05) is 30.3 Å². The Hall–Kier alpha value is -3.01. The molecule has 1 saturated heterocycles. The number of furan rings is 1. The number of piperidine rings is 1. The average molecular weight is 454 g/mol. The van der Waals surface area contributed by atoms with Crippen LogP contribution >= 0.6 is 11.8 Å². The predicted molar refractivity (Wildman–Crippen MR) is 123 cm³/mol. The predicted octanol–water partition coefficient (Wildman–Crippen LogP) is 3.00. The number of nitrogens with zero attached hydrogens (tertiary/aromatic N) is 7. The topological polar surface area (TPSA) is 86.4 Å². The molecule has 168 valence electrons. The summed E-state index contributed by atoms with van der Waals surface area (Å²) in [7, 11) is 0. The molecule has 2 unspecified atom stereocenters. The Balaban J connectivity index is 1.36. The van der Waals surface area contributed by atoms with Crippen molar-refractivity contribution in [3.05, 3.63) is 59.0 Å². The van der Waals surface area contributed by atoms with E-state index in [0.29, 0.717) is 36.3 Å². The lowest BCUT2D eigenvalue weighted by Crippen LogP contribution is -2.40. The number of aryl methyl sites for hydroxylation is 1. The van der Waals surface area contributed by atoms with Crippen LogP contribution in [0.15, 0.2) is 57.2 Å². The largest absolute Gasteiger partial charge is 0.467 e. The van der Waals surface area contributed by atoms with Crippen molar-refractivity contribution in [2.75, 3.05) is 23.7 Å². The first-order chi connectivity index (χ1) is 15.6. The standard InChI is InChI=1S/C22H27N7O2S/c1-16-12-17(2)14-26(13-16)20-23-24-21(28(20)15-18-6-5-10-31-18)32-11-9-29-22(30)27-8-4-3-7-19(27)25-29/h3-8,10,16-17H,9,11-15H2,1-2H3. The molecule has 9 nitrogen and oxygen atoms in total. The second-order valence-corrected chi connectivity index (χ2v) is 9.64. The van der Waals surface area contributed by atoms with Gasteiger partial charge in [-0.25, -0.2) is 9.48 Å². The zero-order chi connectivity index (χ0) is 22.1. The Morgan fingerprint density at radius 2 is 1.97 bits per heavy atom. The van der Waals surface area contributed by atoms with E-state index < -0.39 is 0 Å². The summed E-state index contributed by atoms with van der Waals surface area (Å²) in [4.78, 5) is 14.9. The molecular formula is C22H27N7O2S. The van der Waals surface area contributed by atoms with Gasteiger partial charge in [0, 0.05) is 25.0 Å². The van der Waals surface area contributed by atoms with Crippen LogP contribution in [0.25, 0.3) is 5.65 Å². The van der Waals surface area contributed by atoms with Crippen LogP contribution < -0.4 is 10.6 Å². The Labute approximate surface area is 190 Å². The normalized spacial score (nSPS) is 19.1. The molecule has 4 aromatic heterocycles. The third kappa shape index (κ3) is 4.19. The quantitative estimate of drug-likeness (QED) is 0.398. The van der Waals surface area contributed by atoms with Gasteiger partial charge in [0.2, 0.25) is 5.95 Å². The summed E-state index contributed by atoms with van der Waals surface area (Å²) in [6.45, 7) is 7.59. The first-order valence-electron chi connectivity index (χ1n) is 11.0. The number of hydrogen-bond acceptors (Lipinski definition) is 7. The van der Waals surface area contributed by atoms with E-state index in [4.69, 9.17) is 4.42 Å². The van der Waals surface area contributed by atoms with Gasteiger partial charge < -0.3 is 9.32 Å². The maximum absolute atomic E-state index is 12.5. The van der Waals surface area contributed by atoms with Crippen LogP contribution in [0, 0.1) is 11.8 Å². The van der Waals surface area contributed by atoms with E-state index in [1.165, 1.54) is 11.1 Å². The van der Waals surface area contributed by atoms with E-state index in [2.05, 4.69) is 38.6 Å². The maximum Gasteiger partial charge on any atom is 0.350 e. The molecule has 10 heteroatoms. The first-order valence-corrected chi connectivity index (χ1v) is 11.9. The molecule has 0 spiro atoms. The van der Waals surface area contributed by atoms with Crippen LogP contribution in [0.2, 0.25) is 0 Å². The highest BCUT2D eigenvalue weighted by Gasteiger charge is 2.27. The van der Waals surface area contributed by atoms with Crippen molar-refractivity contribution in [2.45, 2.75) is 38.5 Å². The molecule has 0 N–H and O–H groups in total. The van der Waals surface area contributed by atoms with Crippen molar-refractivity contribution < 1.29 is 4.42 Å². The fourth-order valence-electron chi connectivity index (χ4n) is 4.48. The molecular weight excluding hydrogens is 426 g/mol. The Morgan fingerprint density at radius 3 is 2.72 bits per heavy atom. The molecule has 32 heavy (non-hydrogen) atoms. The number of aromatic nitrogens is 6. The summed E-state index contributed by atoms with van der Waals surface area (Å²) in [6, 6.07) is 9.40. The Morgan fingerprint density at radius 1 is 1.12 bits per heavy atom. The second kappa shape index (κ2) is 8.85.